The summed E-state index contributed by atoms with van der Waals surface area (Å²) >= 11 is 0. The molecule has 6 nitrogen and oxygen atoms in total. The predicted octanol–water partition coefficient (Wildman–Crippen LogP) is 0.506. The Morgan fingerprint density at radius 1 is 1.38 bits per heavy atom. The second kappa shape index (κ2) is 4.71. The van der Waals surface area contributed by atoms with E-state index >= 15 is 0 Å². The number of carbonyl (C=O) groups excluding carboxylic acids is 1. The largest absolute Gasteiger partial charge is 0.326 e. The number of aromatic nitrogens is 3. The van der Waals surface area contributed by atoms with Gasteiger partial charge in [-0.05, 0) is 25.2 Å². The molecule has 3 N–H and O–H groups in total. The van der Waals surface area contributed by atoms with Crippen LogP contribution in [0, 0.1) is 0 Å². The van der Waals surface area contributed by atoms with Gasteiger partial charge in [0.05, 0.1) is 0 Å². The van der Waals surface area contributed by atoms with E-state index in [-0.39, 0.29) is 5.91 Å². The highest BCUT2D eigenvalue weighted by atomic mass is 16.1. The maximum Gasteiger partial charge on any atom is 0.225 e. The van der Waals surface area contributed by atoms with E-state index in [0.717, 1.165) is 16.7 Å². The second-order valence-corrected chi connectivity index (χ2v) is 3.43. The minimum absolute atomic E-state index is 0.0165. The van der Waals surface area contributed by atoms with Crippen molar-refractivity contribution in [3.05, 3.63) is 18.2 Å². The zero-order valence-corrected chi connectivity index (χ0v) is 8.95. The highest BCUT2D eigenvalue weighted by Crippen LogP contribution is 2.14. The smallest absolute Gasteiger partial charge is 0.225 e. The molecule has 0 fully saturated rings. The number of fused-ring (bicyclic) bond motifs is 1. The third kappa shape index (κ3) is 2.34. The van der Waals surface area contributed by atoms with Gasteiger partial charge in [0.2, 0.25) is 5.91 Å². The molecule has 1 aromatic carbocycles. The van der Waals surface area contributed by atoms with Gasteiger partial charge in [0, 0.05) is 18.7 Å². The normalized spacial score (nSPS) is 10.6. The summed E-state index contributed by atoms with van der Waals surface area (Å²) in [6.07, 6.45) is 0.452. The van der Waals surface area contributed by atoms with E-state index in [1.54, 1.807) is 6.07 Å². The van der Waals surface area contributed by atoms with Crippen molar-refractivity contribution in [2.75, 3.05) is 18.9 Å². The van der Waals surface area contributed by atoms with Crippen molar-refractivity contribution in [3.63, 3.8) is 0 Å². The second-order valence-electron chi connectivity index (χ2n) is 3.43. The van der Waals surface area contributed by atoms with Gasteiger partial charge < -0.3 is 10.6 Å². The molecule has 0 aliphatic carbocycles. The number of rotatable bonds is 4. The zero-order chi connectivity index (χ0) is 11.4. The Bertz CT molecular complexity index is 493. The Balaban J connectivity index is 2.06. The summed E-state index contributed by atoms with van der Waals surface area (Å²) in [5, 5.41) is 16.1. The standard InChI is InChI=1S/C10H13N5O/c1-11-5-4-10(16)12-7-2-3-8-9(6-7)14-15-13-8/h2-3,6,11H,4-5H2,1H3,(H,12,16)(H,13,14,15). The van der Waals surface area contributed by atoms with Crippen LogP contribution in [0.1, 0.15) is 6.42 Å². The van der Waals surface area contributed by atoms with Crippen LogP contribution in [0.2, 0.25) is 0 Å². The van der Waals surface area contributed by atoms with Crippen LogP contribution < -0.4 is 10.6 Å². The van der Waals surface area contributed by atoms with Crippen LogP contribution in [-0.2, 0) is 4.79 Å². The lowest BCUT2D eigenvalue weighted by Gasteiger charge is -2.04. The molecule has 2 rings (SSSR count). The number of nitrogens with one attached hydrogen (secondary N) is 3. The van der Waals surface area contributed by atoms with Crippen LogP contribution >= 0.6 is 0 Å². The molecule has 0 spiro atoms. The molecule has 0 aliphatic rings. The van der Waals surface area contributed by atoms with Crippen molar-refractivity contribution < 1.29 is 4.79 Å². The first kappa shape index (κ1) is 10.6. The molecule has 1 heterocycles. The Kier molecular flexibility index (Phi) is 3.11. The molecular formula is C10H13N5O. The molecule has 84 valence electrons. The number of benzene rings is 1. The number of amides is 1. The highest BCUT2D eigenvalue weighted by Gasteiger charge is 2.03. The number of anilines is 1. The van der Waals surface area contributed by atoms with Crippen LogP contribution in [0.25, 0.3) is 11.0 Å². The molecule has 1 aromatic heterocycles. The first-order valence-electron chi connectivity index (χ1n) is 5.04. The zero-order valence-electron chi connectivity index (χ0n) is 8.95. The first-order valence-corrected chi connectivity index (χ1v) is 5.04. The van der Waals surface area contributed by atoms with E-state index in [1.165, 1.54) is 0 Å². The molecule has 6 heteroatoms. The molecule has 1 amide bonds. The van der Waals surface area contributed by atoms with Gasteiger partial charge >= 0.3 is 0 Å². The summed E-state index contributed by atoms with van der Waals surface area (Å²) in [6, 6.07) is 5.41. The Hall–Kier alpha value is -1.95. The van der Waals surface area contributed by atoms with Crippen molar-refractivity contribution in [3.8, 4) is 0 Å². The minimum atomic E-state index is -0.0165. The monoisotopic (exact) mass is 219 g/mol. The highest BCUT2D eigenvalue weighted by molar-refractivity contribution is 5.92. The SMILES string of the molecule is CNCCC(=O)Nc1ccc2n[nH]nc2c1. The topological polar surface area (TPSA) is 82.7 Å². The summed E-state index contributed by atoms with van der Waals surface area (Å²) in [6.45, 7) is 0.665. The average Bonchev–Trinajstić information content (AvgIpc) is 2.73. The number of nitrogens with zero attached hydrogens (tertiary/aromatic N) is 2. The fourth-order valence-electron chi connectivity index (χ4n) is 1.38. The third-order valence-electron chi connectivity index (χ3n) is 2.20. The first-order chi connectivity index (χ1) is 7.79. The lowest BCUT2D eigenvalue weighted by molar-refractivity contribution is -0.116. The van der Waals surface area contributed by atoms with Crippen LogP contribution in [-0.4, -0.2) is 34.9 Å². The summed E-state index contributed by atoms with van der Waals surface area (Å²) < 4.78 is 0. The Morgan fingerprint density at radius 2 is 2.19 bits per heavy atom. The van der Waals surface area contributed by atoms with Crippen molar-refractivity contribution in [1.82, 2.24) is 20.7 Å². The number of H-pyrrole nitrogens is 1. The van der Waals surface area contributed by atoms with E-state index in [1.807, 2.05) is 19.2 Å². The molecule has 2 aromatic rings. The van der Waals surface area contributed by atoms with Gasteiger partial charge in [0.15, 0.2) is 0 Å². The fraction of sp³-hybridized carbons (Fsp3) is 0.300. The van der Waals surface area contributed by atoms with Crippen molar-refractivity contribution in [2.24, 2.45) is 0 Å². The van der Waals surface area contributed by atoms with E-state index in [4.69, 9.17) is 0 Å². The molecule has 16 heavy (non-hydrogen) atoms. The van der Waals surface area contributed by atoms with Crippen molar-refractivity contribution in [2.45, 2.75) is 6.42 Å². The van der Waals surface area contributed by atoms with Crippen LogP contribution in [0.15, 0.2) is 18.2 Å². The van der Waals surface area contributed by atoms with E-state index in [2.05, 4.69) is 26.0 Å². The molecule has 0 radical (unpaired) electrons. The van der Waals surface area contributed by atoms with Gasteiger partial charge in [-0.1, -0.05) is 0 Å². The average molecular weight is 219 g/mol. The van der Waals surface area contributed by atoms with Crippen molar-refractivity contribution >= 4 is 22.6 Å². The number of hydrogen-bond acceptors (Lipinski definition) is 4. The lowest BCUT2D eigenvalue weighted by atomic mass is 10.2. The summed E-state index contributed by atoms with van der Waals surface area (Å²) in [5.41, 5.74) is 2.27. The third-order valence-corrected chi connectivity index (χ3v) is 2.20. The predicted molar refractivity (Wildman–Crippen MR) is 61.1 cm³/mol. The van der Waals surface area contributed by atoms with Gasteiger partial charge in [0.1, 0.15) is 11.0 Å². The summed E-state index contributed by atoms with van der Waals surface area (Å²) in [5.74, 6) is -0.0165. The molecule has 0 saturated heterocycles. The van der Waals surface area contributed by atoms with Gasteiger partial charge in [-0.15, -0.1) is 0 Å². The van der Waals surface area contributed by atoms with E-state index in [9.17, 15) is 4.79 Å². The number of hydrogen-bond donors (Lipinski definition) is 3. The van der Waals surface area contributed by atoms with Crippen LogP contribution in [0.5, 0.6) is 0 Å². The summed E-state index contributed by atoms with van der Waals surface area (Å²) in [7, 11) is 1.81. The molecule has 0 unspecified atom stereocenters. The molecule has 0 aliphatic heterocycles. The van der Waals surface area contributed by atoms with E-state index in [0.29, 0.717) is 13.0 Å². The molecular weight excluding hydrogens is 206 g/mol. The van der Waals surface area contributed by atoms with Crippen molar-refractivity contribution in [1.29, 1.82) is 0 Å². The maximum absolute atomic E-state index is 11.5. The lowest BCUT2D eigenvalue weighted by Crippen LogP contribution is -2.18. The van der Waals surface area contributed by atoms with Gasteiger partial charge in [-0.2, -0.15) is 15.4 Å². The van der Waals surface area contributed by atoms with Gasteiger partial charge in [0.25, 0.3) is 0 Å². The van der Waals surface area contributed by atoms with E-state index < -0.39 is 0 Å². The number of aromatic amines is 1. The van der Waals surface area contributed by atoms with Gasteiger partial charge in [-0.3, -0.25) is 4.79 Å². The summed E-state index contributed by atoms with van der Waals surface area (Å²) in [4.78, 5) is 11.5. The molecule has 0 bridgehead atoms. The quantitative estimate of drug-likeness (QED) is 0.699. The fourth-order valence-corrected chi connectivity index (χ4v) is 1.38. The Labute approximate surface area is 92.4 Å². The van der Waals surface area contributed by atoms with Crippen LogP contribution in [0.3, 0.4) is 0 Å². The van der Waals surface area contributed by atoms with Gasteiger partial charge in [-0.25, -0.2) is 0 Å². The molecule has 0 saturated carbocycles. The number of carbonyl (C=O) groups is 1. The minimum Gasteiger partial charge on any atom is -0.326 e. The van der Waals surface area contributed by atoms with Crippen LogP contribution in [0.4, 0.5) is 5.69 Å². The maximum atomic E-state index is 11.5. The Morgan fingerprint density at radius 3 is 3.00 bits per heavy atom. The molecule has 0 atom stereocenters.